The van der Waals surface area contributed by atoms with Gasteiger partial charge in [-0.05, 0) is 38.2 Å². The SMILES string of the molecule is CCN(CC)CCOc1ccc2c(c1)C(=O)N(C(C)CO[N+](=O)[O-])C2=O. The third-order valence-electron chi connectivity index (χ3n) is 4.32. The van der Waals surface area contributed by atoms with Gasteiger partial charge in [0.1, 0.15) is 19.0 Å². The monoisotopic (exact) mass is 365 g/mol. The van der Waals surface area contributed by atoms with Crippen molar-refractivity contribution in [3.63, 3.8) is 0 Å². The van der Waals surface area contributed by atoms with E-state index in [1.54, 1.807) is 18.2 Å². The van der Waals surface area contributed by atoms with E-state index in [9.17, 15) is 19.7 Å². The highest BCUT2D eigenvalue weighted by Crippen LogP contribution is 2.28. The Hall–Kier alpha value is -2.68. The lowest BCUT2D eigenvalue weighted by Gasteiger charge is -2.21. The fourth-order valence-corrected chi connectivity index (χ4v) is 2.80. The summed E-state index contributed by atoms with van der Waals surface area (Å²) >= 11 is 0. The molecule has 142 valence electrons. The second kappa shape index (κ2) is 8.61. The minimum Gasteiger partial charge on any atom is -0.492 e. The fraction of sp³-hybridized carbons (Fsp3) is 0.529. The van der Waals surface area contributed by atoms with Gasteiger partial charge in [-0.15, -0.1) is 10.1 Å². The summed E-state index contributed by atoms with van der Waals surface area (Å²) in [5, 5.41) is 9.36. The van der Waals surface area contributed by atoms with Crippen molar-refractivity contribution in [1.29, 1.82) is 0 Å². The number of ether oxygens (including phenoxy) is 1. The van der Waals surface area contributed by atoms with Gasteiger partial charge in [0.2, 0.25) is 0 Å². The van der Waals surface area contributed by atoms with Crippen LogP contribution in [0.15, 0.2) is 18.2 Å². The van der Waals surface area contributed by atoms with Crippen LogP contribution >= 0.6 is 0 Å². The summed E-state index contributed by atoms with van der Waals surface area (Å²) in [7, 11) is 0. The number of amides is 2. The van der Waals surface area contributed by atoms with Gasteiger partial charge in [0.25, 0.3) is 16.9 Å². The Labute approximate surface area is 151 Å². The number of hydrogen-bond donors (Lipinski definition) is 0. The van der Waals surface area contributed by atoms with Crippen LogP contribution in [0.5, 0.6) is 5.75 Å². The molecule has 0 radical (unpaired) electrons. The molecule has 9 heteroatoms. The number of benzene rings is 1. The Morgan fingerprint density at radius 1 is 1.19 bits per heavy atom. The molecule has 1 atom stereocenters. The smallest absolute Gasteiger partial charge is 0.294 e. The van der Waals surface area contributed by atoms with Crippen molar-refractivity contribution in [1.82, 2.24) is 9.80 Å². The minimum atomic E-state index is -0.948. The normalized spacial score (nSPS) is 14.5. The quantitative estimate of drug-likeness (QED) is 0.352. The van der Waals surface area contributed by atoms with E-state index in [4.69, 9.17) is 4.74 Å². The van der Waals surface area contributed by atoms with Crippen molar-refractivity contribution in [2.45, 2.75) is 26.8 Å². The first-order chi connectivity index (χ1) is 12.4. The second-order valence-electron chi connectivity index (χ2n) is 5.93. The van der Waals surface area contributed by atoms with Gasteiger partial charge in [0, 0.05) is 6.54 Å². The maximum atomic E-state index is 12.5. The van der Waals surface area contributed by atoms with Gasteiger partial charge in [0.15, 0.2) is 0 Å². The molecule has 26 heavy (non-hydrogen) atoms. The summed E-state index contributed by atoms with van der Waals surface area (Å²) in [4.78, 5) is 42.7. The van der Waals surface area contributed by atoms with Crippen LogP contribution in [-0.2, 0) is 4.84 Å². The van der Waals surface area contributed by atoms with Crippen LogP contribution in [0.4, 0.5) is 0 Å². The molecular weight excluding hydrogens is 342 g/mol. The molecule has 1 heterocycles. The molecule has 0 N–H and O–H groups in total. The molecule has 0 aromatic heterocycles. The molecule has 9 nitrogen and oxygen atoms in total. The standard InChI is InChI=1S/C17H23N3O6/c1-4-18(5-2)8-9-25-13-6-7-14-15(10-13)17(22)19(16(14)21)12(3)11-26-20(23)24/h6-7,10,12H,4-5,8-9,11H2,1-3H3. The van der Waals surface area contributed by atoms with Gasteiger partial charge in [-0.2, -0.15) is 0 Å². The maximum absolute atomic E-state index is 12.5. The predicted molar refractivity (Wildman–Crippen MR) is 92.6 cm³/mol. The van der Waals surface area contributed by atoms with Crippen molar-refractivity contribution in [2.75, 3.05) is 32.8 Å². The number of hydrogen-bond acceptors (Lipinski definition) is 7. The molecule has 2 rings (SSSR count). The van der Waals surface area contributed by atoms with Crippen LogP contribution in [0.25, 0.3) is 0 Å². The van der Waals surface area contributed by atoms with Crippen molar-refractivity contribution >= 4 is 11.8 Å². The van der Waals surface area contributed by atoms with E-state index in [2.05, 4.69) is 23.6 Å². The van der Waals surface area contributed by atoms with Gasteiger partial charge in [0.05, 0.1) is 17.2 Å². The van der Waals surface area contributed by atoms with Gasteiger partial charge >= 0.3 is 0 Å². The number of fused-ring (bicyclic) bond motifs is 1. The third kappa shape index (κ3) is 4.29. The average molecular weight is 365 g/mol. The number of carbonyl (C=O) groups is 2. The first-order valence-electron chi connectivity index (χ1n) is 8.53. The summed E-state index contributed by atoms with van der Waals surface area (Å²) < 4.78 is 5.69. The highest BCUT2D eigenvalue weighted by atomic mass is 16.9. The van der Waals surface area contributed by atoms with Gasteiger partial charge in [-0.25, -0.2) is 0 Å². The number of carbonyl (C=O) groups excluding carboxylic acids is 2. The summed E-state index contributed by atoms with van der Waals surface area (Å²) in [5.74, 6) is -0.481. The Kier molecular flexibility index (Phi) is 6.51. The van der Waals surface area contributed by atoms with Crippen LogP contribution in [-0.4, -0.2) is 65.6 Å². The van der Waals surface area contributed by atoms with E-state index in [1.165, 1.54) is 6.92 Å². The van der Waals surface area contributed by atoms with Crippen LogP contribution in [0, 0.1) is 10.1 Å². The molecule has 0 spiro atoms. The molecule has 0 fully saturated rings. The largest absolute Gasteiger partial charge is 0.492 e. The highest BCUT2D eigenvalue weighted by Gasteiger charge is 2.39. The highest BCUT2D eigenvalue weighted by molar-refractivity contribution is 6.21. The van der Waals surface area contributed by atoms with E-state index in [-0.39, 0.29) is 17.7 Å². The topological polar surface area (TPSA) is 102 Å². The van der Waals surface area contributed by atoms with Crippen molar-refractivity contribution < 1.29 is 24.3 Å². The average Bonchev–Trinajstić information content (AvgIpc) is 2.87. The van der Waals surface area contributed by atoms with Gasteiger partial charge in [-0.1, -0.05) is 13.8 Å². The van der Waals surface area contributed by atoms with E-state index < -0.39 is 22.9 Å². The van der Waals surface area contributed by atoms with Crippen molar-refractivity contribution in [3.05, 3.63) is 39.4 Å². The molecule has 2 amide bonds. The number of likely N-dealkylation sites (N-methyl/N-ethyl adjacent to an activating group) is 1. The van der Waals surface area contributed by atoms with Crippen LogP contribution in [0.1, 0.15) is 41.5 Å². The summed E-state index contributed by atoms with van der Waals surface area (Å²) in [6.07, 6.45) is 0. The lowest BCUT2D eigenvalue weighted by atomic mass is 10.1. The zero-order valence-corrected chi connectivity index (χ0v) is 15.1. The minimum absolute atomic E-state index is 0.239. The Morgan fingerprint density at radius 3 is 2.46 bits per heavy atom. The zero-order chi connectivity index (χ0) is 19.3. The summed E-state index contributed by atoms with van der Waals surface area (Å²) in [6.45, 7) is 8.38. The molecule has 1 aliphatic rings. The molecule has 0 saturated carbocycles. The first-order valence-corrected chi connectivity index (χ1v) is 8.53. The Balaban J connectivity index is 2.05. The molecule has 0 saturated heterocycles. The van der Waals surface area contributed by atoms with E-state index in [0.29, 0.717) is 12.4 Å². The van der Waals surface area contributed by atoms with Crippen LogP contribution in [0.3, 0.4) is 0 Å². The molecule has 1 unspecified atom stereocenters. The van der Waals surface area contributed by atoms with Gasteiger partial charge in [-0.3, -0.25) is 14.5 Å². The molecule has 0 aliphatic carbocycles. The maximum Gasteiger partial charge on any atom is 0.294 e. The van der Waals surface area contributed by atoms with Gasteiger partial charge < -0.3 is 14.5 Å². The molecule has 0 bridgehead atoms. The van der Waals surface area contributed by atoms with Crippen molar-refractivity contribution in [3.8, 4) is 5.75 Å². The van der Waals surface area contributed by atoms with Crippen molar-refractivity contribution in [2.24, 2.45) is 0 Å². The van der Waals surface area contributed by atoms with Crippen LogP contribution < -0.4 is 4.74 Å². The lowest BCUT2D eigenvalue weighted by molar-refractivity contribution is -0.758. The zero-order valence-electron chi connectivity index (χ0n) is 15.1. The first kappa shape index (κ1) is 19.6. The fourth-order valence-electron chi connectivity index (χ4n) is 2.80. The summed E-state index contributed by atoms with van der Waals surface area (Å²) in [6, 6.07) is 3.98. The predicted octanol–water partition coefficient (Wildman–Crippen LogP) is 1.60. The molecule has 1 aliphatic heterocycles. The number of imide groups is 1. The van der Waals surface area contributed by atoms with E-state index in [0.717, 1.165) is 24.5 Å². The van der Waals surface area contributed by atoms with E-state index >= 15 is 0 Å². The lowest BCUT2D eigenvalue weighted by Crippen LogP contribution is -2.41. The Morgan fingerprint density at radius 2 is 1.85 bits per heavy atom. The van der Waals surface area contributed by atoms with E-state index in [1.807, 2.05) is 0 Å². The molecular formula is C17H23N3O6. The third-order valence-corrected chi connectivity index (χ3v) is 4.32. The molecule has 1 aromatic rings. The second-order valence-corrected chi connectivity index (χ2v) is 5.93. The van der Waals surface area contributed by atoms with Crippen LogP contribution in [0.2, 0.25) is 0 Å². The number of nitrogens with zero attached hydrogens (tertiary/aromatic N) is 3. The Bertz CT molecular complexity index is 689. The molecule has 1 aromatic carbocycles. The number of rotatable bonds is 10. The summed E-state index contributed by atoms with van der Waals surface area (Å²) in [5.41, 5.74) is 0.502.